The number of hydrogen-bond donors (Lipinski definition) is 0. The largest absolute Gasteiger partial charge is 0.487 e. The van der Waals surface area contributed by atoms with E-state index in [0.717, 1.165) is 22.7 Å². The second kappa shape index (κ2) is 5.63. The molecule has 96 valence electrons. The lowest BCUT2D eigenvalue weighted by atomic mass is 10.2. The van der Waals surface area contributed by atoms with Crippen molar-refractivity contribution in [1.82, 2.24) is 9.78 Å². The first-order chi connectivity index (χ1) is 8.61. The van der Waals surface area contributed by atoms with Gasteiger partial charge in [0.2, 0.25) is 0 Å². The van der Waals surface area contributed by atoms with Gasteiger partial charge in [0.1, 0.15) is 12.4 Å². The molecule has 0 atom stereocenters. The van der Waals surface area contributed by atoms with Crippen LogP contribution in [0.4, 0.5) is 0 Å². The van der Waals surface area contributed by atoms with Gasteiger partial charge < -0.3 is 4.74 Å². The highest BCUT2D eigenvalue weighted by Crippen LogP contribution is 2.21. The molecule has 1 aromatic carbocycles. The van der Waals surface area contributed by atoms with Crippen LogP contribution in [-0.2, 0) is 19.5 Å². The number of aromatic nitrogens is 2. The van der Waals surface area contributed by atoms with Crippen molar-refractivity contribution in [3.8, 4) is 5.75 Å². The summed E-state index contributed by atoms with van der Waals surface area (Å²) in [4.78, 5) is 0. The fraction of sp³-hybridized carbons (Fsp3) is 0.308. The van der Waals surface area contributed by atoms with Crippen molar-refractivity contribution in [3.63, 3.8) is 0 Å². The van der Waals surface area contributed by atoms with Crippen LogP contribution < -0.4 is 4.74 Å². The van der Waals surface area contributed by atoms with Crippen molar-refractivity contribution in [1.29, 1.82) is 0 Å². The van der Waals surface area contributed by atoms with E-state index in [0.29, 0.717) is 17.5 Å². The molecule has 1 heterocycles. The van der Waals surface area contributed by atoms with Gasteiger partial charge >= 0.3 is 0 Å². The van der Waals surface area contributed by atoms with Gasteiger partial charge in [0.25, 0.3) is 0 Å². The van der Waals surface area contributed by atoms with E-state index in [1.54, 1.807) is 4.68 Å². The second-order valence-corrected chi connectivity index (χ2v) is 4.68. The Kier molecular flexibility index (Phi) is 4.15. The predicted octanol–water partition coefficient (Wildman–Crippen LogP) is 3.70. The van der Waals surface area contributed by atoms with Gasteiger partial charge in [-0.05, 0) is 24.6 Å². The minimum atomic E-state index is 0.399. The summed E-state index contributed by atoms with van der Waals surface area (Å²) in [5.74, 6) is 1.30. The second-order valence-electron chi connectivity index (χ2n) is 4.04. The Balaban J connectivity index is 2.06. The number of nitrogens with zero attached hydrogens (tertiary/aromatic N) is 2. The van der Waals surface area contributed by atoms with E-state index in [1.165, 1.54) is 0 Å². The van der Waals surface area contributed by atoms with Gasteiger partial charge in [0, 0.05) is 12.9 Å². The van der Waals surface area contributed by atoms with E-state index < -0.39 is 0 Å². The molecule has 18 heavy (non-hydrogen) atoms. The molecule has 3 nitrogen and oxygen atoms in total. The Labute approximate surface area is 116 Å². The van der Waals surface area contributed by atoms with Crippen LogP contribution in [0.1, 0.15) is 17.0 Å². The average molecular weight is 285 g/mol. The SMILES string of the molecule is Cc1nn(C)c(COc2ccc(CCl)cc2)c1Cl. The number of hydrogen-bond acceptors (Lipinski definition) is 2. The highest BCUT2D eigenvalue weighted by molar-refractivity contribution is 6.31. The summed E-state index contributed by atoms with van der Waals surface area (Å²) < 4.78 is 7.42. The van der Waals surface area contributed by atoms with Gasteiger partial charge in [-0.15, -0.1) is 11.6 Å². The molecule has 0 unspecified atom stereocenters. The van der Waals surface area contributed by atoms with Crippen molar-refractivity contribution in [2.24, 2.45) is 7.05 Å². The molecule has 0 bridgehead atoms. The number of rotatable bonds is 4. The molecule has 0 aliphatic rings. The zero-order valence-electron chi connectivity index (χ0n) is 10.3. The van der Waals surface area contributed by atoms with Crippen molar-refractivity contribution in [3.05, 3.63) is 46.2 Å². The molecule has 0 aliphatic heterocycles. The monoisotopic (exact) mass is 284 g/mol. The molecule has 0 spiro atoms. The molecule has 0 aliphatic carbocycles. The number of ether oxygens (including phenoxy) is 1. The van der Waals surface area contributed by atoms with E-state index in [9.17, 15) is 0 Å². The highest BCUT2D eigenvalue weighted by Gasteiger charge is 2.11. The maximum Gasteiger partial charge on any atom is 0.131 e. The Morgan fingerprint density at radius 2 is 1.94 bits per heavy atom. The van der Waals surface area contributed by atoms with Gasteiger partial charge in [-0.25, -0.2) is 0 Å². The molecule has 0 saturated carbocycles. The zero-order valence-corrected chi connectivity index (χ0v) is 11.8. The van der Waals surface area contributed by atoms with Crippen LogP contribution in [0.5, 0.6) is 5.75 Å². The minimum Gasteiger partial charge on any atom is -0.487 e. The summed E-state index contributed by atoms with van der Waals surface area (Å²) in [6.07, 6.45) is 0. The van der Waals surface area contributed by atoms with Crippen LogP contribution in [0.25, 0.3) is 0 Å². The molecule has 1 aromatic heterocycles. The summed E-state index contributed by atoms with van der Waals surface area (Å²) in [6.45, 7) is 2.28. The Hall–Kier alpha value is -1.19. The lowest BCUT2D eigenvalue weighted by molar-refractivity contribution is 0.295. The molecule has 0 saturated heterocycles. The van der Waals surface area contributed by atoms with Crippen LogP contribution >= 0.6 is 23.2 Å². The maximum absolute atomic E-state index is 6.15. The van der Waals surface area contributed by atoms with E-state index in [2.05, 4.69) is 5.10 Å². The third kappa shape index (κ3) is 2.79. The van der Waals surface area contributed by atoms with Crippen molar-refractivity contribution in [2.75, 3.05) is 0 Å². The van der Waals surface area contributed by atoms with E-state index >= 15 is 0 Å². The first-order valence-electron chi connectivity index (χ1n) is 5.57. The van der Waals surface area contributed by atoms with Crippen molar-refractivity contribution < 1.29 is 4.74 Å². The Bertz CT molecular complexity index is 535. The van der Waals surface area contributed by atoms with Crippen LogP contribution in [0, 0.1) is 6.92 Å². The Morgan fingerprint density at radius 3 is 2.44 bits per heavy atom. The standard InChI is InChI=1S/C13H14Cl2N2O/c1-9-13(15)12(17(2)16-9)8-18-11-5-3-10(7-14)4-6-11/h3-6H,7-8H2,1-2H3. The molecule has 2 aromatic rings. The fourth-order valence-electron chi connectivity index (χ4n) is 1.66. The van der Waals surface area contributed by atoms with Gasteiger partial charge in [-0.1, -0.05) is 23.7 Å². The molecular formula is C13H14Cl2N2O. The van der Waals surface area contributed by atoms with Crippen LogP contribution in [-0.4, -0.2) is 9.78 Å². The van der Waals surface area contributed by atoms with Crippen LogP contribution in [0.3, 0.4) is 0 Å². The normalized spacial score (nSPS) is 10.7. The molecule has 2 rings (SSSR count). The smallest absolute Gasteiger partial charge is 0.131 e. The van der Waals surface area contributed by atoms with Crippen LogP contribution in [0.15, 0.2) is 24.3 Å². The van der Waals surface area contributed by atoms with Gasteiger partial charge in [0.15, 0.2) is 0 Å². The van der Waals surface area contributed by atoms with Gasteiger partial charge in [-0.3, -0.25) is 4.68 Å². The quantitative estimate of drug-likeness (QED) is 0.801. The fourth-order valence-corrected chi connectivity index (χ4v) is 2.06. The number of alkyl halides is 1. The average Bonchev–Trinajstić information content (AvgIpc) is 2.62. The first-order valence-corrected chi connectivity index (χ1v) is 6.48. The number of aryl methyl sites for hydroxylation is 2. The first kappa shape index (κ1) is 13.2. The van der Waals surface area contributed by atoms with E-state index in [1.807, 2.05) is 38.2 Å². The maximum atomic E-state index is 6.15. The van der Waals surface area contributed by atoms with E-state index in [4.69, 9.17) is 27.9 Å². The number of halogens is 2. The topological polar surface area (TPSA) is 27.1 Å². The third-order valence-corrected chi connectivity index (χ3v) is 3.52. The third-order valence-electron chi connectivity index (χ3n) is 2.71. The van der Waals surface area contributed by atoms with Crippen LogP contribution in [0.2, 0.25) is 5.02 Å². The Morgan fingerprint density at radius 1 is 1.28 bits per heavy atom. The summed E-state index contributed by atoms with van der Waals surface area (Å²) in [6, 6.07) is 7.68. The molecule has 5 heteroatoms. The lowest BCUT2D eigenvalue weighted by Gasteiger charge is -2.07. The van der Waals surface area contributed by atoms with E-state index in [-0.39, 0.29) is 0 Å². The molecule has 0 N–H and O–H groups in total. The molecule has 0 fully saturated rings. The summed E-state index contributed by atoms with van der Waals surface area (Å²) in [5.41, 5.74) is 2.75. The highest BCUT2D eigenvalue weighted by atomic mass is 35.5. The zero-order chi connectivity index (χ0) is 13.1. The van der Waals surface area contributed by atoms with Crippen molar-refractivity contribution >= 4 is 23.2 Å². The molecule has 0 amide bonds. The minimum absolute atomic E-state index is 0.399. The van der Waals surface area contributed by atoms with Crippen molar-refractivity contribution in [2.45, 2.75) is 19.4 Å². The molecular weight excluding hydrogens is 271 g/mol. The van der Waals surface area contributed by atoms with Gasteiger partial charge in [-0.2, -0.15) is 5.10 Å². The van der Waals surface area contributed by atoms with Gasteiger partial charge in [0.05, 0.1) is 16.4 Å². The number of benzene rings is 1. The summed E-state index contributed by atoms with van der Waals surface area (Å²) in [7, 11) is 1.86. The summed E-state index contributed by atoms with van der Waals surface area (Å²) >= 11 is 11.9. The predicted molar refractivity (Wildman–Crippen MR) is 73.3 cm³/mol. The molecule has 0 radical (unpaired) electrons. The lowest BCUT2D eigenvalue weighted by Crippen LogP contribution is -2.03. The summed E-state index contributed by atoms with van der Waals surface area (Å²) in [5, 5.41) is 4.90.